The van der Waals surface area contributed by atoms with Gasteiger partial charge in [-0.15, -0.1) is 0 Å². The number of hydrogen-bond acceptors (Lipinski definition) is 3. The fraction of sp³-hybridized carbons (Fsp3) is 0.267. The Kier molecular flexibility index (Phi) is 4.39. The van der Waals surface area contributed by atoms with E-state index in [2.05, 4.69) is 15.3 Å². The van der Waals surface area contributed by atoms with Crippen molar-refractivity contribution in [3.05, 3.63) is 54.0 Å². The number of halogens is 1. The van der Waals surface area contributed by atoms with Crippen LogP contribution >= 0.6 is 11.6 Å². The van der Waals surface area contributed by atoms with E-state index in [-0.39, 0.29) is 12.3 Å². The van der Waals surface area contributed by atoms with Crippen LogP contribution in [0.1, 0.15) is 12.1 Å². The van der Waals surface area contributed by atoms with Crippen LogP contribution in [0.25, 0.3) is 5.65 Å². The molecule has 3 aromatic rings. The predicted molar refractivity (Wildman–Crippen MR) is 83.8 cm³/mol. The number of imidazole rings is 2. The normalized spacial score (nSPS) is 11.0. The molecular formula is C15H16ClN5O. The molecule has 0 aromatic carbocycles. The number of rotatable bonds is 6. The van der Waals surface area contributed by atoms with Crippen LogP contribution < -0.4 is 5.32 Å². The van der Waals surface area contributed by atoms with Gasteiger partial charge >= 0.3 is 0 Å². The lowest BCUT2D eigenvalue weighted by Crippen LogP contribution is -2.26. The Hall–Kier alpha value is -2.34. The molecule has 0 fully saturated rings. The molecule has 0 spiro atoms. The van der Waals surface area contributed by atoms with Gasteiger partial charge in [-0.3, -0.25) is 4.79 Å². The molecular weight excluding hydrogens is 302 g/mol. The molecule has 0 atom stereocenters. The molecule has 3 heterocycles. The summed E-state index contributed by atoms with van der Waals surface area (Å²) in [6.45, 7) is 1.48. The molecule has 114 valence electrons. The predicted octanol–water partition coefficient (Wildman–Crippen LogP) is 1.93. The van der Waals surface area contributed by atoms with Crippen LogP contribution in [0.2, 0.25) is 5.02 Å². The Morgan fingerprint density at radius 2 is 2.23 bits per heavy atom. The monoisotopic (exact) mass is 317 g/mol. The van der Waals surface area contributed by atoms with Crippen molar-refractivity contribution in [2.24, 2.45) is 0 Å². The summed E-state index contributed by atoms with van der Waals surface area (Å²) in [6.07, 6.45) is 10.2. The summed E-state index contributed by atoms with van der Waals surface area (Å²) in [5.74, 6) is -0.0277. The largest absolute Gasteiger partial charge is 0.356 e. The van der Waals surface area contributed by atoms with Crippen molar-refractivity contribution >= 4 is 23.2 Å². The van der Waals surface area contributed by atoms with Gasteiger partial charge in [0.1, 0.15) is 5.65 Å². The summed E-state index contributed by atoms with van der Waals surface area (Å²) in [6, 6.07) is 3.61. The van der Waals surface area contributed by atoms with E-state index in [0.29, 0.717) is 11.6 Å². The fourth-order valence-electron chi connectivity index (χ4n) is 2.24. The first-order chi connectivity index (χ1) is 10.7. The van der Waals surface area contributed by atoms with Crippen molar-refractivity contribution in [2.45, 2.75) is 19.4 Å². The molecule has 6 nitrogen and oxygen atoms in total. The van der Waals surface area contributed by atoms with Crippen molar-refractivity contribution in [3.8, 4) is 0 Å². The maximum Gasteiger partial charge on any atom is 0.226 e. The zero-order valence-corrected chi connectivity index (χ0v) is 12.7. The number of hydrogen-bond donors (Lipinski definition) is 1. The van der Waals surface area contributed by atoms with E-state index in [1.165, 1.54) is 0 Å². The standard InChI is InChI=1S/C15H16ClN5O/c16-12-2-3-14-19-13(10-21(14)9-12)8-15(22)18-4-1-6-20-7-5-17-11-20/h2-3,5,7,9-11H,1,4,6,8H2,(H,18,22). The number of fused-ring (bicyclic) bond motifs is 1. The minimum atomic E-state index is -0.0277. The van der Waals surface area contributed by atoms with Crippen molar-refractivity contribution in [1.82, 2.24) is 24.3 Å². The van der Waals surface area contributed by atoms with Crippen LogP contribution in [0.15, 0.2) is 43.2 Å². The number of pyridine rings is 1. The Morgan fingerprint density at radius 1 is 1.32 bits per heavy atom. The third-order valence-corrected chi connectivity index (χ3v) is 3.50. The lowest BCUT2D eigenvalue weighted by atomic mass is 10.3. The Labute approximate surface area is 132 Å². The van der Waals surface area contributed by atoms with E-state index >= 15 is 0 Å². The first-order valence-corrected chi connectivity index (χ1v) is 7.44. The minimum absolute atomic E-state index is 0.0277. The summed E-state index contributed by atoms with van der Waals surface area (Å²) in [5, 5.41) is 3.54. The summed E-state index contributed by atoms with van der Waals surface area (Å²) >= 11 is 5.93. The molecule has 0 radical (unpaired) electrons. The maximum absolute atomic E-state index is 11.9. The molecule has 0 unspecified atom stereocenters. The van der Waals surface area contributed by atoms with Crippen LogP contribution in [0.5, 0.6) is 0 Å². The lowest BCUT2D eigenvalue weighted by molar-refractivity contribution is -0.120. The highest BCUT2D eigenvalue weighted by Crippen LogP contribution is 2.11. The van der Waals surface area contributed by atoms with E-state index in [1.54, 1.807) is 24.8 Å². The molecule has 0 saturated carbocycles. The highest BCUT2D eigenvalue weighted by molar-refractivity contribution is 6.30. The third kappa shape index (κ3) is 3.65. The molecule has 0 saturated heterocycles. The molecule has 22 heavy (non-hydrogen) atoms. The molecule has 0 aliphatic rings. The number of nitrogens with zero attached hydrogens (tertiary/aromatic N) is 4. The van der Waals surface area contributed by atoms with Crippen LogP contribution in [0.4, 0.5) is 0 Å². The number of aromatic nitrogens is 4. The SMILES string of the molecule is O=C(Cc1cn2cc(Cl)ccc2n1)NCCCn1ccnc1. The lowest BCUT2D eigenvalue weighted by Gasteiger charge is -2.04. The van der Waals surface area contributed by atoms with E-state index in [1.807, 2.05) is 27.4 Å². The Morgan fingerprint density at radius 3 is 3.05 bits per heavy atom. The smallest absolute Gasteiger partial charge is 0.226 e. The number of nitrogens with one attached hydrogen (secondary N) is 1. The highest BCUT2D eigenvalue weighted by Gasteiger charge is 2.07. The first-order valence-electron chi connectivity index (χ1n) is 7.06. The van der Waals surface area contributed by atoms with Crippen molar-refractivity contribution in [2.75, 3.05) is 6.54 Å². The van der Waals surface area contributed by atoms with Crippen LogP contribution in [0, 0.1) is 0 Å². The molecule has 1 amide bonds. The van der Waals surface area contributed by atoms with E-state index < -0.39 is 0 Å². The van der Waals surface area contributed by atoms with Gasteiger partial charge in [-0.25, -0.2) is 9.97 Å². The summed E-state index contributed by atoms with van der Waals surface area (Å²) < 4.78 is 3.81. The van der Waals surface area contributed by atoms with E-state index in [4.69, 9.17) is 11.6 Å². The maximum atomic E-state index is 11.9. The number of carbonyl (C=O) groups is 1. The van der Waals surface area contributed by atoms with Crippen molar-refractivity contribution in [3.63, 3.8) is 0 Å². The van der Waals surface area contributed by atoms with Gasteiger partial charge in [0.25, 0.3) is 0 Å². The molecule has 0 aliphatic heterocycles. The average molecular weight is 318 g/mol. The van der Waals surface area contributed by atoms with Gasteiger partial charge in [-0.2, -0.15) is 0 Å². The average Bonchev–Trinajstić information content (AvgIpc) is 3.12. The Bertz CT molecular complexity index is 765. The van der Waals surface area contributed by atoms with Gasteiger partial charge in [0.2, 0.25) is 5.91 Å². The Balaban J connectivity index is 1.48. The van der Waals surface area contributed by atoms with Crippen LogP contribution in [-0.4, -0.2) is 31.4 Å². The second-order valence-electron chi connectivity index (χ2n) is 5.03. The quantitative estimate of drug-likeness (QED) is 0.707. The molecule has 3 rings (SSSR count). The fourth-order valence-corrected chi connectivity index (χ4v) is 2.41. The first kappa shape index (κ1) is 14.6. The molecule has 7 heteroatoms. The molecule has 0 bridgehead atoms. The van der Waals surface area contributed by atoms with Gasteiger partial charge in [0.15, 0.2) is 0 Å². The van der Waals surface area contributed by atoms with Crippen LogP contribution in [0.3, 0.4) is 0 Å². The second-order valence-corrected chi connectivity index (χ2v) is 5.46. The van der Waals surface area contributed by atoms with Gasteiger partial charge in [-0.05, 0) is 18.6 Å². The number of carbonyl (C=O) groups excluding carboxylic acids is 1. The molecule has 3 aromatic heterocycles. The van der Waals surface area contributed by atoms with E-state index in [0.717, 1.165) is 24.3 Å². The highest BCUT2D eigenvalue weighted by atomic mass is 35.5. The molecule has 0 aliphatic carbocycles. The summed E-state index contributed by atoms with van der Waals surface area (Å²) in [5.41, 5.74) is 1.52. The zero-order valence-electron chi connectivity index (χ0n) is 11.9. The topological polar surface area (TPSA) is 64.2 Å². The van der Waals surface area contributed by atoms with E-state index in [9.17, 15) is 4.79 Å². The van der Waals surface area contributed by atoms with Gasteiger partial charge in [0, 0.05) is 37.9 Å². The van der Waals surface area contributed by atoms with Gasteiger partial charge in [0.05, 0.1) is 23.5 Å². The zero-order chi connectivity index (χ0) is 15.4. The minimum Gasteiger partial charge on any atom is -0.356 e. The van der Waals surface area contributed by atoms with Crippen molar-refractivity contribution < 1.29 is 4.79 Å². The van der Waals surface area contributed by atoms with Gasteiger partial charge in [-0.1, -0.05) is 11.6 Å². The number of aryl methyl sites for hydroxylation is 1. The summed E-state index contributed by atoms with van der Waals surface area (Å²) in [4.78, 5) is 20.3. The van der Waals surface area contributed by atoms with Crippen LogP contribution in [-0.2, 0) is 17.8 Å². The second kappa shape index (κ2) is 6.62. The summed E-state index contributed by atoms with van der Waals surface area (Å²) in [7, 11) is 0. The van der Waals surface area contributed by atoms with Crippen molar-refractivity contribution in [1.29, 1.82) is 0 Å². The molecule has 1 N–H and O–H groups in total. The number of amides is 1. The third-order valence-electron chi connectivity index (χ3n) is 3.28. The van der Waals surface area contributed by atoms with Gasteiger partial charge < -0.3 is 14.3 Å².